The number of halogens is 2. The molecule has 5 rings (SSSR count). The molecule has 2 unspecified atom stereocenters. The van der Waals surface area contributed by atoms with Crippen LogP contribution < -0.4 is 20.3 Å². The summed E-state index contributed by atoms with van der Waals surface area (Å²) in [6, 6.07) is 21.6. The molecule has 6 nitrogen and oxygen atoms in total. The molecular weight excluding hydrogens is 485 g/mol. The molecule has 184 valence electrons. The van der Waals surface area contributed by atoms with Gasteiger partial charge in [0.25, 0.3) is 0 Å². The summed E-state index contributed by atoms with van der Waals surface area (Å²) in [6.07, 6.45) is -0.201. The van der Waals surface area contributed by atoms with Crippen LogP contribution >= 0.6 is 23.2 Å². The van der Waals surface area contributed by atoms with Crippen LogP contribution in [0.2, 0.25) is 10.0 Å². The molecule has 0 saturated carbocycles. The third-order valence-corrected chi connectivity index (χ3v) is 7.08. The van der Waals surface area contributed by atoms with Gasteiger partial charge in [0.1, 0.15) is 18.5 Å². The summed E-state index contributed by atoms with van der Waals surface area (Å²) in [5.41, 5.74) is 9.77. The van der Waals surface area contributed by atoms with Gasteiger partial charge in [0.2, 0.25) is 0 Å². The van der Waals surface area contributed by atoms with Gasteiger partial charge in [-0.25, -0.2) is 0 Å². The van der Waals surface area contributed by atoms with Crippen molar-refractivity contribution in [1.29, 1.82) is 0 Å². The minimum absolute atomic E-state index is 0.201. The first-order valence-corrected chi connectivity index (χ1v) is 12.5. The van der Waals surface area contributed by atoms with Gasteiger partial charge in [0, 0.05) is 53.8 Å². The summed E-state index contributed by atoms with van der Waals surface area (Å²) in [5, 5.41) is 1.10. The predicted octanol–water partition coefficient (Wildman–Crippen LogP) is 5.57. The second-order valence-corrected chi connectivity index (χ2v) is 9.83. The molecule has 0 spiro atoms. The molecule has 8 heteroatoms. The minimum Gasteiger partial charge on any atom is -0.491 e. The fraction of sp³-hybridized carbons (Fsp3) is 0.333. The van der Waals surface area contributed by atoms with E-state index in [1.54, 1.807) is 12.1 Å². The number of nitrogens with zero attached hydrogens (tertiary/aromatic N) is 2. The standard InChI is InChI=1S/C27H29Cl2N3O3/c1-27(25-11-2-19(28)16-26(25)29)34-18-24(35-27)17-33-23-9-7-22(8-10-23)32-14-12-31(13-15-32)21-5-3-20(30)4-6-21/h2-11,16,24H,12-15,17-18,30H2,1H3. The zero-order chi connectivity index (χ0) is 24.4. The Hall–Kier alpha value is -2.64. The normalized spacial score (nSPS) is 22.4. The van der Waals surface area contributed by atoms with Crippen molar-refractivity contribution in [3.05, 3.63) is 82.3 Å². The molecule has 0 radical (unpaired) electrons. The molecule has 3 aromatic carbocycles. The van der Waals surface area contributed by atoms with Gasteiger partial charge in [-0.2, -0.15) is 0 Å². The highest BCUT2D eigenvalue weighted by molar-refractivity contribution is 6.35. The number of ether oxygens (including phenoxy) is 3. The molecule has 2 fully saturated rings. The lowest BCUT2D eigenvalue weighted by Gasteiger charge is -2.37. The first-order valence-electron chi connectivity index (χ1n) is 11.8. The lowest BCUT2D eigenvalue weighted by atomic mass is 10.1. The lowest BCUT2D eigenvalue weighted by molar-refractivity contribution is -0.164. The number of benzene rings is 3. The molecule has 35 heavy (non-hydrogen) atoms. The Morgan fingerprint density at radius 3 is 2.11 bits per heavy atom. The van der Waals surface area contributed by atoms with Crippen molar-refractivity contribution in [2.24, 2.45) is 0 Å². The highest BCUT2D eigenvalue weighted by Gasteiger charge is 2.40. The fourth-order valence-corrected chi connectivity index (χ4v) is 5.15. The molecule has 2 heterocycles. The largest absolute Gasteiger partial charge is 0.491 e. The lowest BCUT2D eigenvalue weighted by Crippen LogP contribution is -2.46. The van der Waals surface area contributed by atoms with Gasteiger partial charge >= 0.3 is 0 Å². The summed E-state index contributed by atoms with van der Waals surface area (Å²) in [6.45, 7) is 6.54. The molecule has 2 aliphatic heterocycles. The van der Waals surface area contributed by atoms with Crippen LogP contribution in [0.15, 0.2) is 66.7 Å². The molecule has 0 aliphatic carbocycles. The summed E-state index contributed by atoms with van der Waals surface area (Å²) in [5.74, 6) is -0.121. The SMILES string of the molecule is CC1(c2ccc(Cl)cc2Cl)OCC(COc2ccc(N3CCN(c4ccc(N)cc4)CC3)cc2)O1. The summed E-state index contributed by atoms with van der Waals surface area (Å²) >= 11 is 12.4. The quantitative estimate of drug-likeness (QED) is 0.434. The van der Waals surface area contributed by atoms with Crippen LogP contribution in [-0.4, -0.2) is 45.5 Å². The minimum atomic E-state index is -0.923. The topological polar surface area (TPSA) is 60.2 Å². The summed E-state index contributed by atoms with van der Waals surface area (Å²) in [4.78, 5) is 4.79. The Morgan fingerprint density at radius 2 is 1.51 bits per heavy atom. The second kappa shape index (κ2) is 10.2. The summed E-state index contributed by atoms with van der Waals surface area (Å²) in [7, 11) is 0. The second-order valence-electron chi connectivity index (χ2n) is 8.99. The van der Waals surface area contributed by atoms with Crippen LogP contribution in [0, 0.1) is 0 Å². The smallest absolute Gasteiger partial charge is 0.194 e. The molecule has 0 bridgehead atoms. The van der Waals surface area contributed by atoms with Gasteiger partial charge in [0.05, 0.1) is 11.6 Å². The molecule has 2 atom stereocenters. The average molecular weight is 514 g/mol. The van der Waals surface area contributed by atoms with Crippen LogP contribution in [-0.2, 0) is 15.3 Å². The monoisotopic (exact) mass is 513 g/mol. The van der Waals surface area contributed by atoms with Crippen molar-refractivity contribution in [1.82, 2.24) is 0 Å². The molecule has 3 aromatic rings. The Morgan fingerprint density at radius 1 is 0.914 bits per heavy atom. The third kappa shape index (κ3) is 5.46. The van der Waals surface area contributed by atoms with Crippen LogP contribution in [0.25, 0.3) is 0 Å². The van der Waals surface area contributed by atoms with E-state index in [0.29, 0.717) is 23.3 Å². The number of nitrogens with two attached hydrogens (primary N) is 1. The number of piperazine rings is 1. The van der Waals surface area contributed by atoms with Crippen molar-refractivity contribution in [3.63, 3.8) is 0 Å². The van der Waals surface area contributed by atoms with Crippen LogP contribution in [0.3, 0.4) is 0 Å². The number of anilines is 3. The van der Waals surface area contributed by atoms with Crippen molar-refractivity contribution in [2.45, 2.75) is 18.8 Å². The molecule has 2 saturated heterocycles. The third-order valence-electron chi connectivity index (χ3n) is 6.53. The van der Waals surface area contributed by atoms with Gasteiger partial charge in [-0.15, -0.1) is 0 Å². The maximum atomic E-state index is 6.36. The highest BCUT2D eigenvalue weighted by Crippen LogP contribution is 2.38. The Bertz CT molecular complexity index is 1150. The molecule has 0 aromatic heterocycles. The average Bonchev–Trinajstić information content (AvgIpc) is 3.25. The molecular formula is C27H29Cl2N3O3. The number of rotatable bonds is 6. The van der Waals surface area contributed by atoms with Crippen molar-refractivity contribution in [2.75, 3.05) is 54.9 Å². The molecule has 0 amide bonds. The number of hydrogen-bond donors (Lipinski definition) is 1. The van der Waals surface area contributed by atoms with E-state index in [0.717, 1.165) is 43.2 Å². The van der Waals surface area contributed by atoms with E-state index in [1.165, 1.54) is 11.4 Å². The molecule has 2 aliphatic rings. The predicted molar refractivity (Wildman–Crippen MR) is 142 cm³/mol. The van der Waals surface area contributed by atoms with Crippen LogP contribution in [0.5, 0.6) is 5.75 Å². The van der Waals surface area contributed by atoms with E-state index in [-0.39, 0.29) is 6.10 Å². The van der Waals surface area contributed by atoms with E-state index in [1.807, 2.05) is 37.3 Å². The Balaban J connectivity index is 1.12. The van der Waals surface area contributed by atoms with Gasteiger partial charge in [-0.3, -0.25) is 0 Å². The highest BCUT2D eigenvalue weighted by atomic mass is 35.5. The van der Waals surface area contributed by atoms with E-state index in [4.69, 9.17) is 43.1 Å². The Kier molecular flexibility index (Phi) is 6.98. The van der Waals surface area contributed by atoms with E-state index in [2.05, 4.69) is 34.1 Å². The van der Waals surface area contributed by atoms with Crippen LogP contribution in [0.4, 0.5) is 17.1 Å². The number of hydrogen-bond acceptors (Lipinski definition) is 6. The van der Waals surface area contributed by atoms with Gasteiger partial charge < -0.3 is 29.7 Å². The van der Waals surface area contributed by atoms with Gasteiger partial charge in [-0.05, 0) is 67.6 Å². The van der Waals surface area contributed by atoms with Crippen molar-refractivity contribution in [3.8, 4) is 5.75 Å². The van der Waals surface area contributed by atoms with Crippen molar-refractivity contribution < 1.29 is 14.2 Å². The molecule has 2 N–H and O–H groups in total. The van der Waals surface area contributed by atoms with Crippen molar-refractivity contribution >= 4 is 40.3 Å². The van der Waals surface area contributed by atoms with E-state index >= 15 is 0 Å². The van der Waals surface area contributed by atoms with E-state index < -0.39 is 5.79 Å². The Labute approximate surface area is 216 Å². The zero-order valence-electron chi connectivity index (χ0n) is 19.6. The van der Waals surface area contributed by atoms with Gasteiger partial charge in [-0.1, -0.05) is 29.3 Å². The zero-order valence-corrected chi connectivity index (χ0v) is 21.1. The van der Waals surface area contributed by atoms with Crippen LogP contribution in [0.1, 0.15) is 12.5 Å². The fourth-order valence-electron chi connectivity index (χ4n) is 4.57. The van der Waals surface area contributed by atoms with E-state index in [9.17, 15) is 0 Å². The maximum absolute atomic E-state index is 6.36. The first-order chi connectivity index (χ1) is 16.9. The first kappa shape index (κ1) is 24.1. The maximum Gasteiger partial charge on any atom is 0.194 e. The number of nitrogen functional groups attached to an aromatic ring is 1. The summed E-state index contributed by atoms with van der Waals surface area (Å²) < 4.78 is 18.1. The van der Waals surface area contributed by atoms with Gasteiger partial charge in [0.15, 0.2) is 5.79 Å².